The predicted octanol–water partition coefficient (Wildman–Crippen LogP) is 0.542. The number of nitrogens with one attached hydrogen (secondary N) is 1. The number of thiol groups is 1. The summed E-state index contributed by atoms with van der Waals surface area (Å²) < 4.78 is 9.70. The van der Waals surface area contributed by atoms with Crippen LogP contribution >= 0.6 is 25.0 Å². The van der Waals surface area contributed by atoms with Gasteiger partial charge in [0.25, 0.3) is 0 Å². The van der Waals surface area contributed by atoms with E-state index in [1.807, 2.05) is 0 Å². The van der Waals surface area contributed by atoms with Gasteiger partial charge in [-0.05, 0) is 0 Å². The Morgan fingerprint density at radius 3 is 2.25 bits per heavy atom. The molecule has 0 saturated carbocycles. The lowest BCUT2D eigenvalue weighted by molar-refractivity contribution is 0.663. The summed E-state index contributed by atoms with van der Waals surface area (Å²) in [7, 11) is 0. The molecular weight excluding hydrogens is 94.1 g/mol. The Hall–Kier alpha value is 0.620. The van der Waals surface area contributed by atoms with E-state index in [0.29, 0.717) is 12.2 Å². The Labute approximate surface area is 34.5 Å². The van der Waals surface area contributed by atoms with E-state index < -0.39 is 0 Å². The average Bonchev–Trinajstić information content (AvgIpc) is 1.37. The van der Waals surface area contributed by atoms with Gasteiger partial charge in [0, 0.05) is 0 Å². The second-order valence-corrected chi connectivity index (χ2v) is 1.10. The summed E-state index contributed by atoms with van der Waals surface area (Å²) in [6.45, 7) is 0. The Morgan fingerprint density at radius 1 is 2.00 bits per heavy atom. The summed E-state index contributed by atoms with van der Waals surface area (Å²) in [6, 6.07) is 0. The summed E-state index contributed by atoms with van der Waals surface area (Å²) in [4.78, 5) is 0. The molecule has 0 aliphatic heterocycles. The maximum Gasteiger partial charge on any atom is 0.0868 e. The standard InChI is InChI=1S/H3NOS2/c2-4-1-3/h1-3H. The molecule has 0 aromatic carbocycles. The van der Waals surface area contributed by atoms with Crippen molar-refractivity contribution in [1.82, 2.24) is 4.13 Å². The van der Waals surface area contributed by atoms with Crippen molar-refractivity contribution >= 4 is 25.0 Å². The predicted molar refractivity (Wildman–Crippen MR) is 22.3 cm³/mol. The molecule has 0 aromatic rings. The number of hydrogen-bond acceptors (Lipinski definition) is 4. The van der Waals surface area contributed by atoms with Crippen molar-refractivity contribution in [2.75, 3.05) is 0 Å². The Morgan fingerprint density at radius 2 is 2.25 bits per heavy atom. The van der Waals surface area contributed by atoms with E-state index in [1.54, 1.807) is 0 Å². The van der Waals surface area contributed by atoms with Crippen LogP contribution in [0.3, 0.4) is 0 Å². The third-order valence-electron chi connectivity index (χ3n) is 0.0408. The molecule has 0 aromatic heterocycles. The van der Waals surface area contributed by atoms with Crippen LogP contribution in [0, 0.1) is 0 Å². The smallest absolute Gasteiger partial charge is 0.0868 e. The second-order valence-electron chi connectivity index (χ2n) is 0.183. The van der Waals surface area contributed by atoms with Crippen LogP contribution in [0.2, 0.25) is 0 Å². The molecule has 2 N–H and O–H groups in total. The van der Waals surface area contributed by atoms with Gasteiger partial charge in [0.1, 0.15) is 0 Å². The zero-order chi connectivity index (χ0) is 3.41. The van der Waals surface area contributed by atoms with Crippen LogP contribution < -0.4 is 4.13 Å². The molecule has 2 nitrogen and oxygen atoms in total. The molecule has 4 heteroatoms. The fourth-order valence-corrected chi connectivity index (χ4v) is 0. The molecule has 4 heavy (non-hydrogen) atoms. The van der Waals surface area contributed by atoms with E-state index in [1.165, 1.54) is 0 Å². The molecular formula is H3NOS2. The monoisotopic (exact) mass is 97.0 g/mol. The third kappa shape index (κ3) is 2.62. The van der Waals surface area contributed by atoms with Crippen LogP contribution in [0.5, 0.6) is 0 Å². The van der Waals surface area contributed by atoms with Crippen molar-refractivity contribution in [3.05, 3.63) is 0 Å². The zero-order valence-corrected chi connectivity index (χ0v) is 3.51. The van der Waals surface area contributed by atoms with Gasteiger partial charge in [-0.15, -0.1) is 0 Å². The van der Waals surface area contributed by atoms with Crippen LogP contribution in [-0.2, 0) is 0 Å². The fourth-order valence-electron chi connectivity index (χ4n) is 0. The fraction of sp³-hybridized carbons (Fsp3) is 0. The van der Waals surface area contributed by atoms with Crippen LogP contribution in [0.25, 0.3) is 0 Å². The van der Waals surface area contributed by atoms with Crippen molar-refractivity contribution in [1.29, 1.82) is 0 Å². The Bertz CT molecular complexity index is 8.00. The lowest BCUT2D eigenvalue weighted by Crippen LogP contribution is -1.73. The van der Waals surface area contributed by atoms with Gasteiger partial charge in [0.05, 0.1) is 12.2 Å². The molecule has 0 radical (unpaired) electrons. The minimum Gasteiger partial charge on any atom is -0.316 e. The van der Waals surface area contributed by atoms with E-state index in [9.17, 15) is 0 Å². The molecule has 0 atom stereocenters. The number of rotatable bonds is 1. The molecule has 0 fully saturated rings. The van der Waals surface area contributed by atoms with Crippen molar-refractivity contribution in [2.24, 2.45) is 0 Å². The van der Waals surface area contributed by atoms with E-state index in [-0.39, 0.29) is 0 Å². The third-order valence-corrected chi connectivity index (χ3v) is 0.367. The summed E-state index contributed by atoms with van der Waals surface area (Å²) in [6.07, 6.45) is 0. The number of hydrogen-bond donors (Lipinski definition) is 3. The molecule has 0 spiro atoms. The van der Waals surface area contributed by atoms with Gasteiger partial charge >= 0.3 is 0 Å². The van der Waals surface area contributed by atoms with Gasteiger partial charge in [-0.2, -0.15) is 4.13 Å². The van der Waals surface area contributed by atoms with E-state index in [4.69, 9.17) is 4.55 Å². The van der Waals surface area contributed by atoms with Crippen LogP contribution in [-0.4, -0.2) is 4.55 Å². The highest BCUT2D eigenvalue weighted by Gasteiger charge is 1.53. The maximum atomic E-state index is 7.60. The quantitative estimate of drug-likeness (QED) is 0.254. The van der Waals surface area contributed by atoms with E-state index in [0.717, 1.165) is 0 Å². The van der Waals surface area contributed by atoms with Crippen LogP contribution in [0.4, 0.5) is 0 Å². The van der Waals surface area contributed by atoms with Crippen LogP contribution in [0.15, 0.2) is 0 Å². The normalized spacial score (nSPS) is 7.50. The highest BCUT2D eigenvalue weighted by Crippen LogP contribution is 1.77. The van der Waals surface area contributed by atoms with E-state index >= 15 is 0 Å². The molecule has 0 heterocycles. The van der Waals surface area contributed by atoms with Crippen molar-refractivity contribution in [3.63, 3.8) is 0 Å². The molecule has 0 aliphatic carbocycles. The van der Waals surface area contributed by atoms with Gasteiger partial charge in [-0.1, -0.05) is 12.8 Å². The molecule has 0 rings (SSSR count). The van der Waals surface area contributed by atoms with Crippen molar-refractivity contribution < 1.29 is 4.55 Å². The summed E-state index contributed by atoms with van der Waals surface area (Å²) in [5.74, 6) is 0. The van der Waals surface area contributed by atoms with Gasteiger partial charge in [-0.25, -0.2) is 0 Å². The molecule has 0 saturated heterocycles. The molecule has 0 aliphatic rings. The van der Waals surface area contributed by atoms with Gasteiger partial charge in [0.15, 0.2) is 0 Å². The zero-order valence-electron chi connectivity index (χ0n) is 1.80. The molecule has 26 valence electrons. The first kappa shape index (κ1) is 4.62. The minimum atomic E-state index is 0.471. The first-order chi connectivity index (χ1) is 1.91. The largest absolute Gasteiger partial charge is 0.316 e. The second kappa shape index (κ2) is 3.62. The maximum absolute atomic E-state index is 7.60. The van der Waals surface area contributed by atoms with Gasteiger partial charge in [-0.3, -0.25) is 0 Å². The molecule has 0 amide bonds. The minimum absolute atomic E-state index is 0.471. The first-order valence-electron chi connectivity index (χ1n) is 0.610. The van der Waals surface area contributed by atoms with Crippen LogP contribution in [0.1, 0.15) is 0 Å². The SMILES string of the molecule is OSNS. The van der Waals surface area contributed by atoms with E-state index in [2.05, 4.69) is 16.9 Å². The van der Waals surface area contributed by atoms with Gasteiger partial charge < -0.3 is 4.55 Å². The first-order valence-corrected chi connectivity index (χ1v) is 1.83. The van der Waals surface area contributed by atoms with Crippen molar-refractivity contribution in [2.45, 2.75) is 0 Å². The Kier molecular flexibility index (Phi) is 4.18. The summed E-state index contributed by atoms with van der Waals surface area (Å²) in [5.41, 5.74) is 0. The van der Waals surface area contributed by atoms with Gasteiger partial charge in [0.2, 0.25) is 0 Å². The lowest BCUT2D eigenvalue weighted by atomic mass is 13.9. The average molecular weight is 97.2 g/mol. The highest BCUT2D eigenvalue weighted by molar-refractivity contribution is 8.02. The molecule has 0 unspecified atom stereocenters. The summed E-state index contributed by atoms with van der Waals surface area (Å²) in [5, 5.41) is 0. The summed E-state index contributed by atoms with van der Waals surface area (Å²) >= 11 is 3.85. The topological polar surface area (TPSA) is 32.3 Å². The van der Waals surface area contributed by atoms with Crippen molar-refractivity contribution in [3.8, 4) is 0 Å². The lowest BCUT2D eigenvalue weighted by Gasteiger charge is -1.72. The Balaban J connectivity index is 1.97. The highest BCUT2D eigenvalue weighted by atomic mass is 32.2. The molecule has 0 bridgehead atoms.